The Hall–Kier alpha value is -5.51. The van der Waals surface area contributed by atoms with Gasteiger partial charge in [-0.3, -0.25) is 15.3 Å². The number of nitriles is 1. The van der Waals surface area contributed by atoms with Gasteiger partial charge in [0.2, 0.25) is 0 Å². The molecule has 0 amide bonds. The Morgan fingerprint density at radius 3 is 2.35 bits per heavy atom. The van der Waals surface area contributed by atoms with Gasteiger partial charge >= 0.3 is 0 Å². The lowest BCUT2D eigenvalue weighted by Gasteiger charge is -2.44. The lowest BCUT2D eigenvalue weighted by Crippen LogP contribution is -2.51. The fourth-order valence-electron chi connectivity index (χ4n) is 8.24. The van der Waals surface area contributed by atoms with Crippen LogP contribution in [0.15, 0.2) is 126 Å². The predicted molar refractivity (Wildman–Crippen MR) is 194 cm³/mol. The molecule has 5 atom stereocenters. The predicted octanol–water partition coefficient (Wildman–Crippen LogP) is 9.42. The molecule has 4 aliphatic rings. The minimum Gasteiger partial charge on any atom is -0.323 e. The fourth-order valence-corrected chi connectivity index (χ4v) is 8.24. The van der Waals surface area contributed by atoms with Crippen LogP contribution in [-0.2, 0) is 0 Å². The molecule has 6 nitrogen and oxygen atoms in total. The summed E-state index contributed by atoms with van der Waals surface area (Å²) in [4.78, 5) is 14.7. The first-order chi connectivity index (χ1) is 23.7. The average Bonchev–Trinajstić information content (AvgIpc) is 3.39. The lowest BCUT2D eigenvalue weighted by atomic mass is 9.96. The molecule has 0 saturated carbocycles. The summed E-state index contributed by atoms with van der Waals surface area (Å²) in [7, 11) is 0. The molecule has 1 aromatic heterocycles. The number of allylic oxidation sites excluding steroid dienone is 1. The topological polar surface area (TPSA) is 67.6 Å². The number of anilines is 4. The van der Waals surface area contributed by atoms with E-state index in [1.165, 1.54) is 36.1 Å². The maximum atomic E-state index is 9.84. The van der Waals surface area contributed by atoms with Crippen molar-refractivity contribution in [1.29, 1.82) is 5.26 Å². The van der Waals surface area contributed by atoms with Crippen LogP contribution in [0.3, 0.4) is 0 Å². The second-order valence-corrected chi connectivity index (χ2v) is 13.4. The number of dihydropyridines is 1. The molecule has 0 radical (unpaired) electrons. The van der Waals surface area contributed by atoms with Gasteiger partial charge < -0.3 is 9.80 Å². The summed E-state index contributed by atoms with van der Waals surface area (Å²) in [5, 5.41) is 13.8. The minimum atomic E-state index is -0.0602. The van der Waals surface area contributed by atoms with E-state index in [4.69, 9.17) is 9.98 Å². The van der Waals surface area contributed by atoms with Crippen molar-refractivity contribution < 1.29 is 0 Å². The van der Waals surface area contributed by atoms with E-state index in [1.54, 1.807) is 0 Å². The highest BCUT2D eigenvalue weighted by Crippen LogP contribution is 2.50. The van der Waals surface area contributed by atoms with E-state index >= 15 is 0 Å². The molecule has 5 unspecified atom stereocenters. The molecule has 0 spiro atoms. The van der Waals surface area contributed by atoms with Crippen molar-refractivity contribution in [3.63, 3.8) is 0 Å². The Kier molecular flexibility index (Phi) is 6.95. The van der Waals surface area contributed by atoms with Crippen LogP contribution in [0.1, 0.15) is 54.8 Å². The van der Waals surface area contributed by atoms with Crippen LogP contribution in [0.2, 0.25) is 0 Å². The summed E-state index contributed by atoms with van der Waals surface area (Å²) in [6.07, 6.45) is 12.0. The number of hydrogen-bond acceptors (Lipinski definition) is 6. The van der Waals surface area contributed by atoms with Gasteiger partial charge in [-0.15, -0.1) is 0 Å². The monoisotopic (exact) mass is 624 g/mol. The normalized spacial score (nSPS) is 23.5. The van der Waals surface area contributed by atoms with Crippen LogP contribution in [0, 0.1) is 17.2 Å². The number of fused-ring (bicyclic) bond motifs is 7. The van der Waals surface area contributed by atoms with Gasteiger partial charge in [0.1, 0.15) is 6.17 Å². The summed E-state index contributed by atoms with van der Waals surface area (Å²) in [5.41, 5.74) is 11.9. The van der Waals surface area contributed by atoms with E-state index in [0.29, 0.717) is 17.5 Å². The summed E-state index contributed by atoms with van der Waals surface area (Å²) in [5.74, 6) is 0.716. The standard InChI is InChI=1S/C42H36N6/c1-27-8-6-12-37-34-10-3-5-14-39(34)47(41(27)46-37)31-20-21-36(45-26-31)30-18-16-29(17-19-30)35-24-28(25-43)15-22-40(35)48-38-13-4-2-9-32(38)33-11-7-23-44-42(33)48/h2-5,7,9-11,13-24,26-27,33,37,41-42,46H,6,8,12H2,1H3. The van der Waals surface area contributed by atoms with E-state index in [1.807, 2.05) is 30.6 Å². The summed E-state index contributed by atoms with van der Waals surface area (Å²) < 4.78 is 0. The Labute approximate surface area is 281 Å². The molecular formula is C42H36N6. The second-order valence-electron chi connectivity index (χ2n) is 13.4. The summed E-state index contributed by atoms with van der Waals surface area (Å²) in [6, 6.07) is 39.0. The first-order valence-corrected chi connectivity index (χ1v) is 17.0. The smallest absolute Gasteiger partial charge is 0.135 e. The number of hydrogen-bond donors (Lipinski definition) is 1. The fraction of sp³-hybridized carbons (Fsp3) is 0.214. The van der Waals surface area contributed by atoms with Gasteiger partial charge in [-0.2, -0.15) is 5.26 Å². The first kappa shape index (κ1) is 28.7. The lowest BCUT2D eigenvalue weighted by molar-refractivity contribution is 0.351. The number of nitrogens with zero attached hydrogens (tertiary/aromatic N) is 5. The highest BCUT2D eigenvalue weighted by molar-refractivity contribution is 5.88. The van der Waals surface area contributed by atoms with Crippen LogP contribution >= 0.6 is 0 Å². The summed E-state index contributed by atoms with van der Waals surface area (Å²) >= 11 is 0. The molecule has 1 saturated heterocycles. The zero-order valence-corrected chi connectivity index (χ0v) is 26.9. The minimum absolute atomic E-state index is 0.0602. The van der Waals surface area contributed by atoms with Crippen molar-refractivity contribution in [2.45, 2.75) is 50.5 Å². The number of para-hydroxylation sites is 2. The van der Waals surface area contributed by atoms with E-state index in [2.05, 4.69) is 125 Å². The van der Waals surface area contributed by atoms with Gasteiger partial charge in [-0.25, -0.2) is 0 Å². The highest BCUT2D eigenvalue weighted by atomic mass is 15.3. The molecule has 6 heteroatoms. The second kappa shape index (κ2) is 11.6. The Morgan fingerprint density at radius 1 is 0.792 bits per heavy atom. The van der Waals surface area contributed by atoms with Crippen molar-refractivity contribution in [3.8, 4) is 28.5 Å². The van der Waals surface area contributed by atoms with Gasteiger partial charge in [-0.1, -0.05) is 80.1 Å². The zero-order valence-electron chi connectivity index (χ0n) is 26.9. The highest BCUT2D eigenvalue weighted by Gasteiger charge is 2.40. The Morgan fingerprint density at radius 2 is 1.56 bits per heavy atom. The van der Waals surface area contributed by atoms with Crippen molar-refractivity contribution in [3.05, 3.63) is 138 Å². The third kappa shape index (κ3) is 4.65. The Bertz CT molecular complexity index is 2110. The molecule has 1 fully saturated rings. The number of aromatic nitrogens is 1. The van der Waals surface area contributed by atoms with Crippen LogP contribution in [0.4, 0.5) is 22.7 Å². The maximum Gasteiger partial charge on any atom is 0.135 e. The Balaban J connectivity index is 1.05. The molecule has 0 aliphatic carbocycles. The number of pyridine rings is 1. The van der Waals surface area contributed by atoms with E-state index in [9.17, 15) is 5.26 Å². The SMILES string of the molecule is CC1CCCC2NC1N(c1ccc(-c3ccc(-c4cc(C#N)ccc4N4c5ccccc5C5C=CC=NC54)cc3)nc1)c1ccccc12. The van der Waals surface area contributed by atoms with E-state index in [0.717, 1.165) is 39.4 Å². The molecule has 5 aromatic rings. The van der Waals surface area contributed by atoms with Crippen LogP contribution in [-0.4, -0.2) is 23.5 Å². The summed E-state index contributed by atoms with van der Waals surface area (Å²) in [6.45, 7) is 2.36. The molecule has 1 N–H and O–H groups in total. The first-order valence-electron chi connectivity index (χ1n) is 17.0. The van der Waals surface area contributed by atoms with Crippen LogP contribution in [0.5, 0.6) is 0 Å². The molecule has 5 heterocycles. The number of benzene rings is 4. The molecule has 2 bridgehead atoms. The number of nitrogens with one attached hydrogen (secondary N) is 1. The van der Waals surface area contributed by atoms with Crippen LogP contribution < -0.4 is 15.1 Å². The van der Waals surface area contributed by atoms with Gasteiger partial charge in [0, 0.05) is 40.7 Å². The van der Waals surface area contributed by atoms with Crippen molar-refractivity contribution in [2.24, 2.45) is 10.9 Å². The zero-order chi connectivity index (χ0) is 32.2. The molecule has 9 rings (SSSR count). The van der Waals surface area contributed by atoms with Gasteiger partial charge in [0.05, 0.1) is 41.1 Å². The number of rotatable bonds is 4. The van der Waals surface area contributed by atoms with E-state index in [-0.39, 0.29) is 18.2 Å². The molecule has 4 aromatic carbocycles. The van der Waals surface area contributed by atoms with Gasteiger partial charge in [0.15, 0.2) is 0 Å². The van der Waals surface area contributed by atoms with Crippen molar-refractivity contribution in [1.82, 2.24) is 10.3 Å². The van der Waals surface area contributed by atoms with Crippen molar-refractivity contribution in [2.75, 3.05) is 9.80 Å². The number of aliphatic imine (C=N–C) groups is 1. The van der Waals surface area contributed by atoms with Gasteiger partial charge in [0.25, 0.3) is 0 Å². The third-order valence-corrected chi connectivity index (χ3v) is 10.6. The largest absolute Gasteiger partial charge is 0.323 e. The third-order valence-electron chi connectivity index (χ3n) is 10.6. The molecule has 48 heavy (non-hydrogen) atoms. The van der Waals surface area contributed by atoms with Gasteiger partial charge in [-0.05, 0) is 84.0 Å². The van der Waals surface area contributed by atoms with E-state index < -0.39 is 0 Å². The molecular weight excluding hydrogens is 589 g/mol. The van der Waals surface area contributed by atoms with Crippen molar-refractivity contribution >= 4 is 29.0 Å². The van der Waals surface area contributed by atoms with Crippen LogP contribution in [0.25, 0.3) is 22.4 Å². The maximum absolute atomic E-state index is 9.84. The molecule has 234 valence electrons. The quantitative estimate of drug-likeness (QED) is 0.216. The average molecular weight is 625 g/mol. The molecule has 4 aliphatic heterocycles.